The molecule has 0 aliphatic carbocycles. The Labute approximate surface area is 97.6 Å². The number of rotatable bonds is 7. The molecule has 0 aliphatic heterocycles. The lowest BCUT2D eigenvalue weighted by Crippen LogP contribution is -2.47. The van der Waals surface area contributed by atoms with Crippen molar-refractivity contribution in [2.75, 3.05) is 13.2 Å². The largest absolute Gasteiger partial charge is 0.490 e. The zero-order chi connectivity index (χ0) is 11.8. The first-order chi connectivity index (χ1) is 7.81. The maximum atomic E-state index is 5.68. The third-order valence-electron chi connectivity index (χ3n) is 2.35. The maximum Gasteiger partial charge on any atom is 0.161 e. The highest BCUT2D eigenvalue weighted by Gasteiger charge is 2.06. The van der Waals surface area contributed by atoms with Gasteiger partial charge in [0, 0.05) is 5.56 Å². The first-order valence-corrected chi connectivity index (χ1v) is 5.99. The van der Waals surface area contributed by atoms with E-state index in [2.05, 4.69) is 12.7 Å². The molecule has 0 radical (unpaired) electrons. The molecule has 0 unspecified atom stereocenters. The van der Waals surface area contributed by atoms with Gasteiger partial charge in [0.2, 0.25) is 0 Å². The van der Waals surface area contributed by atoms with Crippen LogP contribution in [0.2, 0.25) is 0 Å². The van der Waals surface area contributed by atoms with Gasteiger partial charge in [0.1, 0.15) is 0 Å². The topological polar surface area (TPSA) is 46.1 Å². The van der Waals surface area contributed by atoms with Gasteiger partial charge in [-0.2, -0.15) is 0 Å². The second kappa shape index (κ2) is 7.12. The van der Waals surface area contributed by atoms with Crippen LogP contribution in [0.5, 0.6) is 11.5 Å². The predicted octanol–water partition coefficient (Wildman–Crippen LogP) is 2.01. The molecule has 0 saturated carbocycles. The van der Waals surface area contributed by atoms with Crippen molar-refractivity contribution in [3.8, 4) is 11.5 Å². The molecule has 0 heterocycles. The molecule has 0 atom stereocenters. The molecule has 0 spiro atoms. The molecule has 0 aromatic heterocycles. The summed E-state index contributed by atoms with van der Waals surface area (Å²) < 4.78 is 11.2. The molecule has 3 heteroatoms. The second-order valence-electron chi connectivity index (χ2n) is 3.67. The Morgan fingerprint density at radius 2 is 1.94 bits per heavy atom. The van der Waals surface area contributed by atoms with Gasteiger partial charge in [-0.1, -0.05) is 13.3 Å². The first kappa shape index (κ1) is 12.8. The van der Waals surface area contributed by atoms with E-state index in [1.165, 1.54) is 5.56 Å². The van der Waals surface area contributed by atoms with Crippen molar-refractivity contribution in [1.82, 2.24) is 0 Å². The Bertz CT molecular complexity index is 313. The summed E-state index contributed by atoms with van der Waals surface area (Å²) in [4.78, 5) is 0. The van der Waals surface area contributed by atoms with Gasteiger partial charge in [-0.3, -0.25) is 0 Å². The van der Waals surface area contributed by atoms with E-state index in [4.69, 9.17) is 9.47 Å². The van der Waals surface area contributed by atoms with E-state index < -0.39 is 0 Å². The fourth-order valence-electron chi connectivity index (χ4n) is 1.42. The highest BCUT2D eigenvalue weighted by molar-refractivity contribution is 5.42. The van der Waals surface area contributed by atoms with Crippen molar-refractivity contribution in [1.29, 1.82) is 0 Å². The number of hydrogen-bond acceptors (Lipinski definition) is 2. The number of ether oxygens (including phenoxy) is 2. The van der Waals surface area contributed by atoms with Gasteiger partial charge in [-0.15, -0.1) is 0 Å². The van der Waals surface area contributed by atoms with E-state index in [9.17, 15) is 0 Å². The molecule has 0 saturated heterocycles. The normalized spacial score (nSPS) is 10.2. The number of quaternary nitrogens is 1. The second-order valence-corrected chi connectivity index (χ2v) is 3.67. The summed E-state index contributed by atoms with van der Waals surface area (Å²) in [5.41, 5.74) is 5.04. The number of benzene rings is 1. The Balaban J connectivity index is 2.72. The zero-order valence-electron chi connectivity index (χ0n) is 10.3. The first-order valence-electron chi connectivity index (χ1n) is 5.99. The third kappa shape index (κ3) is 3.74. The molecule has 3 nitrogen and oxygen atoms in total. The molecule has 1 aromatic carbocycles. The van der Waals surface area contributed by atoms with Crippen LogP contribution < -0.4 is 15.2 Å². The van der Waals surface area contributed by atoms with E-state index in [0.29, 0.717) is 6.61 Å². The Morgan fingerprint density at radius 3 is 2.56 bits per heavy atom. The van der Waals surface area contributed by atoms with E-state index in [0.717, 1.165) is 37.5 Å². The monoisotopic (exact) mass is 224 g/mol. The molecule has 0 aliphatic rings. The smallest absolute Gasteiger partial charge is 0.161 e. The summed E-state index contributed by atoms with van der Waals surface area (Å²) in [6, 6.07) is 6.02. The van der Waals surface area contributed by atoms with Gasteiger partial charge in [-0.25, -0.2) is 0 Å². The van der Waals surface area contributed by atoms with Crippen LogP contribution in [0.15, 0.2) is 18.2 Å². The van der Waals surface area contributed by atoms with Crippen molar-refractivity contribution < 1.29 is 15.2 Å². The van der Waals surface area contributed by atoms with Crippen LogP contribution >= 0.6 is 0 Å². The summed E-state index contributed by atoms with van der Waals surface area (Å²) in [6.07, 6.45) is 2.21. The molecular weight excluding hydrogens is 202 g/mol. The van der Waals surface area contributed by atoms with Gasteiger partial charge in [-0.05, 0) is 31.5 Å². The molecule has 90 valence electrons. The summed E-state index contributed by atoms with van der Waals surface area (Å²) in [5, 5.41) is 0. The highest BCUT2D eigenvalue weighted by Crippen LogP contribution is 2.28. The Hall–Kier alpha value is -1.22. The molecule has 0 amide bonds. The highest BCUT2D eigenvalue weighted by atomic mass is 16.5. The van der Waals surface area contributed by atoms with E-state index >= 15 is 0 Å². The van der Waals surface area contributed by atoms with Crippen LogP contribution in [-0.4, -0.2) is 13.2 Å². The lowest BCUT2D eigenvalue weighted by molar-refractivity contribution is -0.386. The SMILES string of the molecule is CCCCOc1ccc(C[NH3+])cc1OCC. The molecule has 1 aromatic rings. The number of hydrogen-bond donors (Lipinski definition) is 1. The van der Waals surface area contributed by atoms with Crippen molar-refractivity contribution in [2.45, 2.75) is 33.2 Å². The van der Waals surface area contributed by atoms with E-state index in [1.54, 1.807) is 0 Å². The fourth-order valence-corrected chi connectivity index (χ4v) is 1.42. The molecule has 1 rings (SSSR count). The van der Waals surface area contributed by atoms with Crippen molar-refractivity contribution >= 4 is 0 Å². The standard InChI is InChI=1S/C13H21NO2/c1-3-5-8-16-12-7-6-11(10-14)9-13(12)15-4-2/h6-7,9H,3-5,8,10,14H2,1-2H3/p+1. The summed E-state index contributed by atoms with van der Waals surface area (Å²) in [6.45, 7) is 6.31. The molecular formula is C13H22NO2+. The molecule has 16 heavy (non-hydrogen) atoms. The third-order valence-corrected chi connectivity index (χ3v) is 2.35. The zero-order valence-corrected chi connectivity index (χ0v) is 10.3. The lowest BCUT2D eigenvalue weighted by Gasteiger charge is -2.12. The van der Waals surface area contributed by atoms with Gasteiger partial charge < -0.3 is 15.2 Å². The van der Waals surface area contributed by atoms with Crippen molar-refractivity contribution in [3.63, 3.8) is 0 Å². The minimum absolute atomic E-state index is 0.657. The maximum absolute atomic E-state index is 5.68. The van der Waals surface area contributed by atoms with Crippen LogP contribution in [0, 0.1) is 0 Å². The lowest BCUT2D eigenvalue weighted by atomic mass is 10.2. The summed E-state index contributed by atoms with van der Waals surface area (Å²) >= 11 is 0. The molecule has 0 fully saturated rings. The average Bonchev–Trinajstić information content (AvgIpc) is 2.31. The van der Waals surface area contributed by atoms with Gasteiger partial charge in [0.15, 0.2) is 11.5 Å². The molecule has 0 bridgehead atoms. The van der Waals surface area contributed by atoms with Gasteiger partial charge >= 0.3 is 0 Å². The minimum Gasteiger partial charge on any atom is -0.490 e. The van der Waals surface area contributed by atoms with E-state index in [-0.39, 0.29) is 0 Å². The number of unbranched alkanes of at least 4 members (excludes halogenated alkanes) is 1. The van der Waals surface area contributed by atoms with Crippen molar-refractivity contribution in [3.05, 3.63) is 23.8 Å². The van der Waals surface area contributed by atoms with Crippen LogP contribution in [0.25, 0.3) is 0 Å². The fraction of sp³-hybridized carbons (Fsp3) is 0.538. The van der Waals surface area contributed by atoms with Crippen LogP contribution in [0.4, 0.5) is 0 Å². The molecule has 3 N–H and O–H groups in total. The van der Waals surface area contributed by atoms with Gasteiger partial charge in [0.25, 0.3) is 0 Å². The minimum atomic E-state index is 0.657. The van der Waals surface area contributed by atoms with Crippen LogP contribution in [0.3, 0.4) is 0 Å². The summed E-state index contributed by atoms with van der Waals surface area (Å²) in [5.74, 6) is 1.67. The van der Waals surface area contributed by atoms with E-state index in [1.807, 2.05) is 25.1 Å². The van der Waals surface area contributed by atoms with Crippen molar-refractivity contribution in [2.24, 2.45) is 0 Å². The van der Waals surface area contributed by atoms with Crippen LogP contribution in [-0.2, 0) is 6.54 Å². The Kier molecular flexibility index (Phi) is 5.72. The van der Waals surface area contributed by atoms with Gasteiger partial charge in [0.05, 0.1) is 19.8 Å². The summed E-state index contributed by atoms with van der Waals surface area (Å²) in [7, 11) is 0. The predicted molar refractivity (Wildman–Crippen MR) is 64.6 cm³/mol. The van der Waals surface area contributed by atoms with Crippen LogP contribution in [0.1, 0.15) is 32.3 Å². The Morgan fingerprint density at radius 1 is 1.12 bits per heavy atom. The average molecular weight is 224 g/mol. The quantitative estimate of drug-likeness (QED) is 0.720.